The Morgan fingerprint density at radius 2 is 1.65 bits per heavy atom. The second-order valence-corrected chi connectivity index (χ2v) is 11.7. The quantitative estimate of drug-likeness (QED) is 0.240. The number of sulfonamides is 1. The molecule has 2 heterocycles. The van der Waals surface area contributed by atoms with Crippen LogP contribution < -0.4 is 10.5 Å². The smallest absolute Gasteiger partial charge is 0.239 e. The van der Waals surface area contributed by atoms with Crippen molar-refractivity contribution in [2.75, 3.05) is 5.32 Å². The maximum absolute atomic E-state index is 12.0. The lowest BCUT2D eigenvalue weighted by atomic mass is 9.97. The van der Waals surface area contributed by atoms with E-state index in [1.807, 2.05) is 54.6 Å². The first kappa shape index (κ1) is 26.1. The predicted molar refractivity (Wildman–Crippen MR) is 158 cm³/mol. The lowest BCUT2D eigenvalue weighted by Crippen LogP contribution is -2.31. The number of nitrogens with one attached hydrogen (secondary N) is 1. The molecule has 7 nitrogen and oxygen atoms in total. The van der Waals surface area contributed by atoms with Gasteiger partial charge in [0.15, 0.2) is 0 Å². The molecule has 2 aromatic heterocycles. The maximum atomic E-state index is 12.0. The van der Waals surface area contributed by atoms with Crippen molar-refractivity contribution in [3.8, 4) is 22.4 Å². The van der Waals surface area contributed by atoms with Crippen LogP contribution in [0.3, 0.4) is 0 Å². The molecule has 1 aliphatic rings. The van der Waals surface area contributed by atoms with Gasteiger partial charge < -0.3 is 10.1 Å². The van der Waals surface area contributed by atoms with Crippen molar-refractivity contribution in [3.05, 3.63) is 109 Å². The summed E-state index contributed by atoms with van der Waals surface area (Å²) in [6.45, 7) is 0.555. The van der Waals surface area contributed by atoms with Gasteiger partial charge in [-0.15, -0.1) is 0 Å². The van der Waals surface area contributed by atoms with Gasteiger partial charge in [-0.3, -0.25) is 4.98 Å². The van der Waals surface area contributed by atoms with E-state index in [2.05, 4.69) is 40.6 Å². The fourth-order valence-corrected chi connectivity index (χ4v) is 5.88. The first-order valence-electron chi connectivity index (χ1n) is 13.4. The molecule has 8 heteroatoms. The van der Waals surface area contributed by atoms with Gasteiger partial charge in [-0.1, -0.05) is 78.9 Å². The molecule has 1 saturated carbocycles. The zero-order valence-electron chi connectivity index (χ0n) is 21.9. The van der Waals surface area contributed by atoms with Crippen molar-refractivity contribution < 1.29 is 13.2 Å². The average Bonchev–Trinajstić information content (AvgIpc) is 3.43. The molecule has 0 saturated heterocycles. The number of rotatable bonds is 8. The van der Waals surface area contributed by atoms with Crippen molar-refractivity contribution in [2.24, 2.45) is 5.14 Å². The minimum Gasteiger partial charge on any atom is -0.371 e. The Labute approximate surface area is 234 Å². The van der Waals surface area contributed by atoms with Crippen LogP contribution in [0.4, 0.5) is 5.82 Å². The Hall–Kier alpha value is -4.11. The lowest BCUT2D eigenvalue weighted by Gasteiger charge is -2.24. The van der Waals surface area contributed by atoms with Crippen LogP contribution in [0.15, 0.2) is 108 Å². The molecule has 0 aliphatic heterocycles. The molecule has 202 valence electrons. The summed E-state index contributed by atoms with van der Waals surface area (Å²) >= 11 is 0. The molecule has 0 amide bonds. The van der Waals surface area contributed by atoms with E-state index in [4.69, 9.17) is 14.9 Å². The molecule has 0 unspecified atom stereocenters. The van der Waals surface area contributed by atoms with Gasteiger partial charge in [-0.25, -0.2) is 18.5 Å². The first-order chi connectivity index (χ1) is 19.5. The van der Waals surface area contributed by atoms with E-state index in [1.165, 1.54) is 12.3 Å². The van der Waals surface area contributed by atoms with Crippen LogP contribution in [-0.4, -0.2) is 30.5 Å². The summed E-state index contributed by atoms with van der Waals surface area (Å²) in [5.41, 5.74) is 4.48. The average molecular weight is 551 g/mol. The third-order valence-corrected chi connectivity index (χ3v) is 8.24. The second kappa shape index (κ2) is 11.2. The van der Waals surface area contributed by atoms with Crippen LogP contribution in [0.2, 0.25) is 0 Å². The highest BCUT2D eigenvalue weighted by Gasteiger charge is 2.29. The van der Waals surface area contributed by atoms with E-state index >= 15 is 0 Å². The Balaban J connectivity index is 1.42. The Bertz CT molecular complexity index is 1750. The second-order valence-electron chi connectivity index (χ2n) is 10.1. The van der Waals surface area contributed by atoms with Crippen molar-refractivity contribution in [2.45, 2.75) is 42.9 Å². The Morgan fingerprint density at radius 3 is 2.42 bits per heavy atom. The number of aromatic nitrogens is 2. The monoisotopic (exact) mass is 550 g/mol. The summed E-state index contributed by atoms with van der Waals surface area (Å²) in [5, 5.41) is 11.1. The van der Waals surface area contributed by atoms with Gasteiger partial charge in [0.2, 0.25) is 10.0 Å². The number of hydrogen-bond donors (Lipinski definition) is 2. The summed E-state index contributed by atoms with van der Waals surface area (Å²) in [6.07, 6.45) is 5.88. The fourth-order valence-electron chi connectivity index (χ4n) is 5.38. The normalized spacial score (nSPS) is 17.2. The summed E-state index contributed by atoms with van der Waals surface area (Å²) < 4.78 is 30.4. The van der Waals surface area contributed by atoms with Crippen molar-refractivity contribution >= 4 is 26.6 Å². The van der Waals surface area contributed by atoms with Gasteiger partial charge in [0.25, 0.3) is 0 Å². The predicted octanol–water partition coefficient (Wildman–Crippen LogP) is 6.16. The number of fused-ring (bicyclic) bond motifs is 1. The van der Waals surface area contributed by atoms with Crippen LogP contribution in [0, 0.1) is 0 Å². The number of pyridine rings is 2. The summed E-state index contributed by atoms with van der Waals surface area (Å²) in [6, 6.07) is 30.2. The molecule has 2 atom stereocenters. The van der Waals surface area contributed by atoms with Crippen LogP contribution in [-0.2, 0) is 21.4 Å². The fraction of sp³-hybridized carbons (Fsp3) is 0.188. The molecule has 1 fully saturated rings. The van der Waals surface area contributed by atoms with E-state index in [0.717, 1.165) is 52.5 Å². The highest BCUT2D eigenvalue weighted by Crippen LogP contribution is 2.37. The maximum Gasteiger partial charge on any atom is 0.239 e. The topological polar surface area (TPSA) is 107 Å². The van der Waals surface area contributed by atoms with E-state index in [1.54, 1.807) is 6.20 Å². The third-order valence-electron chi connectivity index (χ3n) is 7.36. The van der Waals surface area contributed by atoms with Crippen molar-refractivity contribution in [1.82, 2.24) is 9.97 Å². The first-order valence-corrected chi connectivity index (χ1v) is 14.9. The number of hydrogen-bond acceptors (Lipinski definition) is 6. The minimum atomic E-state index is -3.91. The highest BCUT2D eigenvalue weighted by atomic mass is 32.2. The molecular formula is C32H30N4O3S. The summed E-state index contributed by atoms with van der Waals surface area (Å²) in [5.74, 6) is 0.730. The van der Waals surface area contributed by atoms with Crippen LogP contribution in [0.25, 0.3) is 33.2 Å². The minimum absolute atomic E-state index is 0.0389. The van der Waals surface area contributed by atoms with Gasteiger partial charge in [-0.05, 0) is 53.5 Å². The molecule has 3 aromatic carbocycles. The van der Waals surface area contributed by atoms with Crippen molar-refractivity contribution in [3.63, 3.8) is 0 Å². The van der Waals surface area contributed by atoms with Gasteiger partial charge in [0.1, 0.15) is 10.7 Å². The summed E-state index contributed by atoms with van der Waals surface area (Å²) in [7, 11) is -3.91. The molecule has 0 bridgehead atoms. The molecule has 6 rings (SSSR count). The third kappa shape index (κ3) is 5.60. The Kier molecular flexibility index (Phi) is 7.30. The molecule has 40 heavy (non-hydrogen) atoms. The van der Waals surface area contributed by atoms with Gasteiger partial charge in [-0.2, -0.15) is 0 Å². The lowest BCUT2D eigenvalue weighted by molar-refractivity contribution is 0.0394. The van der Waals surface area contributed by atoms with Crippen LogP contribution in [0.1, 0.15) is 24.8 Å². The van der Waals surface area contributed by atoms with Gasteiger partial charge in [0.05, 0.1) is 24.4 Å². The van der Waals surface area contributed by atoms with E-state index in [-0.39, 0.29) is 17.0 Å². The standard InChI is InChI=1S/C32H30N4O3S/c33-40(37,38)26-17-25(19-34-20-26)29-18-24-13-7-14-27(23-11-5-2-6-12-23)31(24)32(36-29)35-28-15-8-16-30(28)39-21-22-9-3-1-4-10-22/h1-7,9-14,17-20,28,30H,8,15-16,21H2,(H,35,36)(H2,33,37,38)/t28-,30-/m0/s1. The highest BCUT2D eigenvalue weighted by molar-refractivity contribution is 7.89. The number of nitrogens with zero attached hydrogens (tertiary/aromatic N) is 2. The molecule has 0 radical (unpaired) electrons. The molecule has 3 N–H and O–H groups in total. The van der Waals surface area contributed by atoms with Crippen LogP contribution in [0.5, 0.6) is 0 Å². The zero-order chi connectivity index (χ0) is 27.5. The molecule has 0 spiro atoms. The zero-order valence-corrected chi connectivity index (χ0v) is 22.7. The SMILES string of the molecule is NS(=O)(=O)c1cncc(-c2cc3cccc(-c4ccccc4)c3c(N[C@H]3CCC[C@@H]3OCc3ccccc3)n2)c1. The number of primary sulfonamides is 1. The van der Waals surface area contributed by atoms with Gasteiger partial charge >= 0.3 is 0 Å². The number of nitrogens with two attached hydrogens (primary N) is 1. The van der Waals surface area contributed by atoms with E-state index in [0.29, 0.717) is 17.9 Å². The van der Waals surface area contributed by atoms with Crippen molar-refractivity contribution in [1.29, 1.82) is 0 Å². The number of anilines is 1. The van der Waals surface area contributed by atoms with E-state index < -0.39 is 10.0 Å². The Morgan fingerprint density at radius 1 is 0.875 bits per heavy atom. The van der Waals surface area contributed by atoms with E-state index in [9.17, 15) is 8.42 Å². The molecule has 1 aliphatic carbocycles. The number of ether oxygens (including phenoxy) is 1. The summed E-state index contributed by atoms with van der Waals surface area (Å²) in [4.78, 5) is 9.13. The molecule has 5 aromatic rings. The van der Waals surface area contributed by atoms with Gasteiger partial charge in [0, 0.05) is 23.3 Å². The van der Waals surface area contributed by atoms with Crippen LogP contribution >= 0.6 is 0 Å². The largest absolute Gasteiger partial charge is 0.371 e. The molecular weight excluding hydrogens is 520 g/mol. The number of benzene rings is 3.